The van der Waals surface area contributed by atoms with Gasteiger partial charge in [0, 0.05) is 30.1 Å². The van der Waals surface area contributed by atoms with Crippen LogP contribution in [-0.4, -0.2) is 45.7 Å². The summed E-state index contributed by atoms with van der Waals surface area (Å²) < 4.78 is 0. The number of aliphatic hydroxyl groups is 1. The van der Waals surface area contributed by atoms with Crippen LogP contribution < -0.4 is 0 Å². The lowest BCUT2D eigenvalue weighted by atomic mass is 10.2. The van der Waals surface area contributed by atoms with Crippen LogP contribution in [0.2, 0.25) is 0 Å². The van der Waals surface area contributed by atoms with Crippen molar-refractivity contribution < 1.29 is 5.11 Å². The average molecular weight is 233 g/mol. The van der Waals surface area contributed by atoms with Crippen molar-refractivity contribution in [3.05, 3.63) is 0 Å². The smallest absolute Gasteiger partial charge is 0.0681 e. The quantitative estimate of drug-likeness (QED) is 0.684. The molecule has 0 unspecified atom stereocenters. The SMILES string of the molecule is CC(C)N(CCSCC(C)(C)O)C(C)C. The zero-order chi connectivity index (χ0) is 12.1. The molecule has 0 aliphatic rings. The predicted molar refractivity (Wildman–Crippen MR) is 70.6 cm³/mol. The molecule has 0 aliphatic heterocycles. The zero-order valence-electron chi connectivity index (χ0n) is 11.1. The summed E-state index contributed by atoms with van der Waals surface area (Å²) in [5.74, 6) is 1.91. The van der Waals surface area contributed by atoms with Gasteiger partial charge in [-0.3, -0.25) is 4.90 Å². The summed E-state index contributed by atoms with van der Waals surface area (Å²) in [6, 6.07) is 1.21. The Hall–Kier alpha value is 0.270. The van der Waals surface area contributed by atoms with Crippen LogP contribution >= 0.6 is 11.8 Å². The highest BCUT2D eigenvalue weighted by molar-refractivity contribution is 7.99. The van der Waals surface area contributed by atoms with E-state index in [4.69, 9.17) is 0 Å². The van der Waals surface area contributed by atoms with Crippen LogP contribution in [0.3, 0.4) is 0 Å². The molecular weight excluding hydrogens is 206 g/mol. The van der Waals surface area contributed by atoms with E-state index in [-0.39, 0.29) is 0 Å². The zero-order valence-corrected chi connectivity index (χ0v) is 11.9. The normalized spacial score (nSPS) is 13.2. The number of hydrogen-bond donors (Lipinski definition) is 1. The topological polar surface area (TPSA) is 23.5 Å². The third-order valence-electron chi connectivity index (χ3n) is 2.28. The number of rotatable bonds is 7. The third-order valence-corrected chi connectivity index (χ3v) is 3.66. The molecule has 0 heterocycles. The van der Waals surface area contributed by atoms with Crippen molar-refractivity contribution in [2.24, 2.45) is 0 Å². The summed E-state index contributed by atoms with van der Waals surface area (Å²) in [6.45, 7) is 13.8. The first-order valence-corrected chi connectivity index (χ1v) is 6.95. The number of thioether (sulfide) groups is 1. The van der Waals surface area contributed by atoms with E-state index in [0.29, 0.717) is 12.1 Å². The Kier molecular flexibility index (Phi) is 6.89. The molecule has 0 aromatic rings. The molecule has 0 spiro atoms. The van der Waals surface area contributed by atoms with Gasteiger partial charge in [-0.1, -0.05) is 0 Å². The van der Waals surface area contributed by atoms with Crippen molar-refractivity contribution in [3.63, 3.8) is 0 Å². The van der Waals surface area contributed by atoms with Gasteiger partial charge in [-0.05, 0) is 41.5 Å². The minimum Gasteiger partial charge on any atom is -0.390 e. The van der Waals surface area contributed by atoms with Crippen LogP contribution in [0, 0.1) is 0 Å². The molecule has 0 atom stereocenters. The molecule has 0 aromatic heterocycles. The highest BCUT2D eigenvalue weighted by Gasteiger charge is 2.15. The van der Waals surface area contributed by atoms with E-state index in [1.54, 1.807) is 0 Å². The minimum absolute atomic E-state index is 0.537. The van der Waals surface area contributed by atoms with Crippen molar-refractivity contribution in [2.75, 3.05) is 18.1 Å². The minimum atomic E-state index is -0.537. The van der Waals surface area contributed by atoms with E-state index in [9.17, 15) is 5.11 Å². The lowest BCUT2D eigenvalue weighted by Crippen LogP contribution is -2.38. The maximum atomic E-state index is 9.57. The fourth-order valence-corrected chi connectivity index (χ4v) is 2.59. The van der Waals surface area contributed by atoms with Crippen LogP contribution in [0.25, 0.3) is 0 Å². The Labute approximate surface area is 99.4 Å². The van der Waals surface area contributed by atoms with Gasteiger partial charge >= 0.3 is 0 Å². The first-order chi connectivity index (χ1) is 6.74. The molecule has 92 valence electrons. The van der Waals surface area contributed by atoms with Crippen molar-refractivity contribution in [3.8, 4) is 0 Å². The molecule has 15 heavy (non-hydrogen) atoms. The second-order valence-electron chi connectivity index (χ2n) is 5.29. The van der Waals surface area contributed by atoms with Crippen molar-refractivity contribution in [1.82, 2.24) is 4.90 Å². The van der Waals surface area contributed by atoms with Crippen LogP contribution in [0.5, 0.6) is 0 Å². The Morgan fingerprint density at radius 3 is 1.93 bits per heavy atom. The van der Waals surface area contributed by atoms with Crippen molar-refractivity contribution in [2.45, 2.75) is 59.2 Å². The molecule has 0 bridgehead atoms. The molecule has 0 aliphatic carbocycles. The van der Waals surface area contributed by atoms with Gasteiger partial charge in [0.1, 0.15) is 0 Å². The maximum Gasteiger partial charge on any atom is 0.0681 e. The lowest BCUT2D eigenvalue weighted by molar-refractivity contribution is 0.107. The van der Waals surface area contributed by atoms with Crippen molar-refractivity contribution >= 4 is 11.8 Å². The van der Waals surface area contributed by atoms with E-state index >= 15 is 0 Å². The molecule has 0 amide bonds. The van der Waals surface area contributed by atoms with Gasteiger partial charge in [-0.2, -0.15) is 11.8 Å². The van der Waals surface area contributed by atoms with Crippen LogP contribution in [0.15, 0.2) is 0 Å². The van der Waals surface area contributed by atoms with Gasteiger partial charge in [0.15, 0.2) is 0 Å². The fraction of sp³-hybridized carbons (Fsp3) is 1.00. The number of hydrogen-bond acceptors (Lipinski definition) is 3. The summed E-state index contributed by atoms with van der Waals surface area (Å²) in [5, 5.41) is 9.57. The van der Waals surface area contributed by atoms with Crippen LogP contribution in [-0.2, 0) is 0 Å². The summed E-state index contributed by atoms with van der Waals surface area (Å²) in [5.41, 5.74) is -0.537. The van der Waals surface area contributed by atoms with Gasteiger partial charge in [0.05, 0.1) is 5.60 Å². The summed E-state index contributed by atoms with van der Waals surface area (Å²) >= 11 is 1.83. The van der Waals surface area contributed by atoms with Gasteiger partial charge in [-0.25, -0.2) is 0 Å². The monoisotopic (exact) mass is 233 g/mol. The average Bonchev–Trinajstić information content (AvgIpc) is 2.00. The second-order valence-corrected chi connectivity index (χ2v) is 6.40. The molecule has 0 radical (unpaired) electrons. The highest BCUT2D eigenvalue weighted by Crippen LogP contribution is 2.13. The summed E-state index contributed by atoms with van der Waals surface area (Å²) in [7, 11) is 0. The third kappa shape index (κ3) is 8.12. The van der Waals surface area contributed by atoms with Crippen LogP contribution in [0.1, 0.15) is 41.5 Å². The van der Waals surface area contributed by atoms with Gasteiger partial charge in [0.2, 0.25) is 0 Å². The summed E-state index contributed by atoms with van der Waals surface area (Å²) in [6.07, 6.45) is 0. The Balaban J connectivity index is 3.73. The highest BCUT2D eigenvalue weighted by atomic mass is 32.2. The Morgan fingerprint density at radius 1 is 1.13 bits per heavy atom. The van der Waals surface area contributed by atoms with Gasteiger partial charge in [0.25, 0.3) is 0 Å². The van der Waals surface area contributed by atoms with E-state index in [1.165, 1.54) is 0 Å². The molecule has 0 saturated carbocycles. The maximum absolute atomic E-state index is 9.57. The first-order valence-electron chi connectivity index (χ1n) is 5.80. The van der Waals surface area contributed by atoms with E-state index in [0.717, 1.165) is 18.1 Å². The van der Waals surface area contributed by atoms with Gasteiger partial charge < -0.3 is 5.11 Å². The Bertz CT molecular complexity index is 155. The van der Waals surface area contributed by atoms with Crippen LogP contribution in [0.4, 0.5) is 0 Å². The molecule has 0 fully saturated rings. The second kappa shape index (κ2) is 6.77. The van der Waals surface area contributed by atoms with E-state index in [2.05, 4.69) is 32.6 Å². The molecule has 0 rings (SSSR count). The molecule has 0 aromatic carbocycles. The molecule has 3 heteroatoms. The molecule has 0 saturated heterocycles. The Morgan fingerprint density at radius 2 is 1.60 bits per heavy atom. The van der Waals surface area contributed by atoms with Gasteiger partial charge in [-0.15, -0.1) is 0 Å². The molecule has 2 nitrogen and oxygen atoms in total. The number of nitrogens with zero attached hydrogens (tertiary/aromatic N) is 1. The standard InChI is InChI=1S/C12H27NOS/c1-10(2)13(11(3)4)7-8-15-9-12(5,6)14/h10-11,14H,7-9H2,1-6H3. The first kappa shape index (κ1) is 15.3. The fourth-order valence-electron chi connectivity index (χ4n) is 1.60. The largest absolute Gasteiger partial charge is 0.390 e. The summed E-state index contributed by atoms with van der Waals surface area (Å²) in [4.78, 5) is 2.48. The lowest BCUT2D eigenvalue weighted by Gasteiger charge is -2.30. The van der Waals surface area contributed by atoms with E-state index < -0.39 is 5.60 Å². The van der Waals surface area contributed by atoms with E-state index in [1.807, 2.05) is 25.6 Å². The molecular formula is C12H27NOS. The molecule has 1 N–H and O–H groups in total. The predicted octanol–water partition coefficient (Wildman–Crippen LogP) is 2.61. The van der Waals surface area contributed by atoms with Crippen molar-refractivity contribution in [1.29, 1.82) is 0 Å².